The van der Waals surface area contributed by atoms with E-state index < -0.39 is 5.91 Å². The van der Waals surface area contributed by atoms with E-state index in [1.165, 1.54) is 6.07 Å². The van der Waals surface area contributed by atoms with E-state index in [1.54, 1.807) is 12.1 Å². The molecule has 0 saturated heterocycles. The Labute approximate surface area is 111 Å². The van der Waals surface area contributed by atoms with Gasteiger partial charge in [-0.05, 0) is 32.0 Å². The van der Waals surface area contributed by atoms with E-state index in [2.05, 4.69) is 10.6 Å². The minimum absolute atomic E-state index is 0.0330. The molecule has 1 aromatic carbocycles. The van der Waals surface area contributed by atoms with Gasteiger partial charge in [0.15, 0.2) is 0 Å². The second-order valence-electron chi connectivity index (χ2n) is 4.14. The van der Waals surface area contributed by atoms with Crippen LogP contribution < -0.4 is 16.4 Å². The monoisotopic (exact) mass is 269 g/mol. The van der Waals surface area contributed by atoms with Crippen molar-refractivity contribution in [3.05, 3.63) is 28.8 Å². The molecule has 2 amide bonds. The molecular formula is C12H16ClN3O2. The summed E-state index contributed by atoms with van der Waals surface area (Å²) < 4.78 is 0. The van der Waals surface area contributed by atoms with Crippen molar-refractivity contribution in [3.63, 3.8) is 0 Å². The number of nitrogens with one attached hydrogen (secondary N) is 2. The molecule has 0 fully saturated rings. The van der Waals surface area contributed by atoms with E-state index >= 15 is 0 Å². The number of amides is 2. The summed E-state index contributed by atoms with van der Waals surface area (Å²) in [7, 11) is 0. The van der Waals surface area contributed by atoms with Gasteiger partial charge < -0.3 is 16.4 Å². The summed E-state index contributed by atoms with van der Waals surface area (Å²) >= 11 is 5.78. The first-order chi connectivity index (χ1) is 8.40. The highest BCUT2D eigenvalue weighted by Gasteiger charge is 2.11. The summed E-state index contributed by atoms with van der Waals surface area (Å²) in [6.07, 6.45) is 0. The third-order valence-corrected chi connectivity index (χ3v) is 2.35. The zero-order valence-electron chi connectivity index (χ0n) is 10.3. The van der Waals surface area contributed by atoms with Crippen LogP contribution in [0.15, 0.2) is 18.2 Å². The Morgan fingerprint density at radius 2 is 2.06 bits per heavy atom. The first-order valence-electron chi connectivity index (χ1n) is 5.52. The molecule has 1 aromatic rings. The third kappa shape index (κ3) is 4.25. The largest absolute Gasteiger partial charge is 0.398 e. The number of nitrogens with two attached hydrogens (primary N) is 1. The molecule has 4 N–H and O–H groups in total. The molecule has 0 saturated carbocycles. The summed E-state index contributed by atoms with van der Waals surface area (Å²) in [5.41, 5.74) is 6.24. The summed E-state index contributed by atoms with van der Waals surface area (Å²) in [6, 6.07) is 4.64. The zero-order valence-corrected chi connectivity index (χ0v) is 11.0. The molecule has 0 spiro atoms. The van der Waals surface area contributed by atoms with Gasteiger partial charge in [-0.15, -0.1) is 0 Å². The predicted octanol–water partition coefficient (Wildman–Crippen LogP) is 1.18. The Morgan fingerprint density at radius 3 is 2.67 bits per heavy atom. The number of hydrogen-bond acceptors (Lipinski definition) is 3. The van der Waals surface area contributed by atoms with Crippen LogP contribution in [0.5, 0.6) is 0 Å². The van der Waals surface area contributed by atoms with Crippen molar-refractivity contribution in [1.29, 1.82) is 0 Å². The minimum atomic E-state index is -0.422. The molecule has 5 nitrogen and oxygen atoms in total. The van der Waals surface area contributed by atoms with Gasteiger partial charge >= 0.3 is 0 Å². The van der Waals surface area contributed by atoms with Crippen molar-refractivity contribution >= 4 is 29.1 Å². The second kappa shape index (κ2) is 6.26. The normalized spacial score (nSPS) is 10.2. The van der Waals surface area contributed by atoms with Crippen LogP contribution >= 0.6 is 11.6 Å². The highest BCUT2D eigenvalue weighted by molar-refractivity contribution is 6.31. The molecule has 0 unspecified atom stereocenters. The van der Waals surface area contributed by atoms with Gasteiger partial charge in [-0.1, -0.05) is 11.6 Å². The summed E-state index contributed by atoms with van der Waals surface area (Å²) in [5, 5.41) is 5.56. The molecule has 98 valence electrons. The van der Waals surface area contributed by atoms with Crippen molar-refractivity contribution in [3.8, 4) is 0 Å². The SMILES string of the molecule is CC(C)NC(=O)CNC(=O)c1cc(Cl)ccc1N. The Balaban J connectivity index is 2.60. The Morgan fingerprint density at radius 1 is 1.39 bits per heavy atom. The second-order valence-corrected chi connectivity index (χ2v) is 4.57. The van der Waals surface area contributed by atoms with E-state index in [4.69, 9.17) is 17.3 Å². The fraction of sp³-hybridized carbons (Fsp3) is 0.333. The van der Waals surface area contributed by atoms with Crippen LogP contribution in [0.4, 0.5) is 5.69 Å². The first-order valence-corrected chi connectivity index (χ1v) is 5.90. The molecule has 0 radical (unpaired) electrons. The quantitative estimate of drug-likeness (QED) is 0.718. The molecule has 0 aliphatic heterocycles. The minimum Gasteiger partial charge on any atom is -0.398 e. The number of rotatable bonds is 4. The fourth-order valence-electron chi connectivity index (χ4n) is 1.35. The summed E-state index contributed by atoms with van der Waals surface area (Å²) in [6.45, 7) is 3.59. The number of nitrogen functional groups attached to an aromatic ring is 1. The van der Waals surface area contributed by atoms with Gasteiger partial charge in [0, 0.05) is 16.8 Å². The average Bonchev–Trinajstić information content (AvgIpc) is 2.28. The summed E-state index contributed by atoms with van der Waals surface area (Å²) in [5.74, 6) is -0.673. The van der Waals surface area contributed by atoms with Crippen LogP contribution in [-0.2, 0) is 4.79 Å². The van der Waals surface area contributed by atoms with Crippen LogP contribution in [0.1, 0.15) is 24.2 Å². The number of halogens is 1. The van der Waals surface area contributed by atoms with Gasteiger partial charge in [-0.3, -0.25) is 9.59 Å². The zero-order chi connectivity index (χ0) is 13.7. The number of hydrogen-bond donors (Lipinski definition) is 3. The average molecular weight is 270 g/mol. The van der Waals surface area contributed by atoms with Crippen molar-refractivity contribution in [2.45, 2.75) is 19.9 Å². The molecule has 0 atom stereocenters. The molecule has 0 aromatic heterocycles. The van der Waals surface area contributed by atoms with Gasteiger partial charge in [-0.2, -0.15) is 0 Å². The van der Waals surface area contributed by atoms with Crippen molar-refractivity contribution in [1.82, 2.24) is 10.6 Å². The van der Waals surface area contributed by atoms with E-state index in [0.717, 1.165) is 0 Å². The van der Waals surface area contributed by atoms with E-state index in [-0.39, 0.29) is 24.1 Å². The van der Waals surface area contributed by atoms with Crippen LogP contribution in [0.25, 0.3) is 0 Å². The van der Waals surface area contributed by atoms with Crippen molar-refractivity contribution in [2.75, 3.05) is 12.3 Å². The lowest BCUT2D eigenvalue weighted by Gasteiger charge is -2.10. The smallest absolute Gasteiger partial charge is 0.253 e. The van der Waals surface area contributed by atoms with E-state index in [0.29, 0.717) is 10.7 Å². The maximum Gasteiger partial charge on any atom is 0.253 e. The predicted molar refractivity (Wildman–Crippen MR) is 71.5 cm³/mol. The lowest BCUT2D eigenvalue weighted by Crippen LogP contribution is -2.39. The van der Waals surface area contributed by atoms with Gasteiger partial charge in [0.2, 0.25) is 5.91 Å². The van der Waals surface area contributed by atoms with Gasteiger partial charge in [0.05, 0.1) is 12.1 Å². The highest BCUT2D eigenvalue weighted by atomic mass is 35.5. The van der Waals surface area contributed by atoms with Crippen LogP contribution in [-0.4, -0.2) is 24.4 Å². The van der Waals surface area contributed by atoms with Gasteiger partial charge in [0.1, 0.15) is 0 Å². The maximum atomic E-state index is 11.8. The lowest BCUT2D eigenvalue weighted by molar-refractivity contribution is -0.120. The molecule has 6 heteroatoms. The number of benzene rings is 1. The van der Waals surface area contributed by atoms with Crippen molar-refractivity contribution < 1.29 is 9.59 Å². The standard InChI is InChI=1S/C12H16ClN3O2/c1-7(2)16-11(17)6-15-12(18)9-5-8(13)3-4-10(9)14/h3-5,7H,6,14H2,1-2H3,(H,15,18)(H,16,17). The lowest BCUT2D eigenvalue weighted by atomic mass is 10.1. The Bertz CT molecular complexity index is 461. The number of carbonyl (C=O) groups excluding carboxylic acids is 2. The fourth-order valence-corrected chi connectivity index (χ4v) is 1.53. The third-order valence-electron chi connectivity index (χ3n) is 2.12. The molecule has 0 bridgehead atoms. The Kier molecular flexibility index (Phi) is 4.97. The highest BCUT2D eigenvalue weighted by Crippen LogP contribution is 2.17. The van der Waals surface area contributed by atoms with E-state index in [1.807, 2.05) is 13.8 Å². The van der Waals surface area contributed by atoms with Gasteiger partial charge in [-0.25, -0.2) is 0 Å². The Hall–Kier alpha value is -1.75. The molecule has 0 aliphatic carbocycles. The molecule has 1 rings (SSSR count). The maximum absolute atomic E-state index is 11.8. The molecule has 18 heavy (non-hydrogen) atoms. The van der Waals surface area contributed by atoms with Crippen LogP contribution in [0, 0.1) is 0 Å². The number of carbonyl (C=O) groups is 2. The molecule has 0 heterocycles. The number of anilines is 1. The van der Waals surface area contributed by atoms with E-state index in [9.17, 15) is 9.59 Å². The summed E-state index contributed by atoms with van der Waals surface area (Å²) in [4.78, 5) is 23.1. The van der Waals surface area contributed by atoms with Crippen molar-refractivity contribution in [2.24, 2.45) is 0 Å². The van der Waals surface area contributed by atoms with Crippen LogP contribution in [0.2, 0.25) is 5.02 Å². The first kappa shape index (κ1) is 14.3. The topological polar surface area (TPSA) is 84.2 Å². The molecule has 0 aliphatic rings. The molecular weight excluding hydrogens is 254 g/mol. The van der Waals surface area contributed by atoms with Crippen LogP contribution in [0.3, 0.4) is 0 Å². The van der Waals surface area contributed by atoms with Gasteiger partial charge in [0.25, 0.3) is 5.91 Å².